The van der Waals surface area contributed by atoms with Crippen molar-refractivity contribution < 1.29 is 4.79 Å². The zero-order valence-corrected chi connectivity index (χ0v) is 15.9. The van der Waals surface area contributed by atoms with Gasteiger partial charge in [-0.15, -0.1) is 0 Å². The Bertz CT molecular complexity index is 736. The molecule has 0 fully saturated rings. The maximum atomic E-state index is 12.2. The van der Waals surface area contributed by atoms with E-state index < -0.39 is 0 Å². The molecule has 0 unspecified atom stereocenters. The number of hydrogen-bond acceptors (Lipinski definition) is 3. The zero-order valence-electron chi connectivity index (χ0n) is 15.9. The van der Waals surface area contributed by atoms with Crippen LogP contribution in [0.5, 0.6) is 0 Å². The predicted octanol–water partition coefficient (Wildman–Crippen LogP) is 4.51. The van der Waals surface area contributed by atoms with Crippen LogP contribution in [0.15, 0.2) is 36.4 Å². The molecule has 2 N–H and O–H groups in total. The first-order valence-electron chi connectivity index (χ1n) is 8.91. The fourth-order valence-corrected chi connectivity index (χ4v) is 2.83. The molecule has 134 valence electrons. The van der Waals surface area contributed by atoms with E-state index in [1.165, 1.54) is 16.8 Å². The Labute approximate surface area is 151 Å². The molecule has 2 aromatic carbocycles. The second kappa shape index (κ2) is 8.56. The minimum absolute atomic E-state index is 0.0459. The van der Waals surface area contributed by atoms with E-state index in [1.807, 2.05) is 31.2 Å². The topological polar surface area (TPSA) is 44.4 Å². The third-order valence-electron chi connectivity index (χ3n) is 4.57. The molecule has 0 aliphatic rings. The Morgan fingerprint density at radius 2 is 1.64 bits per heavy atom. The number of carbonyl (C=O) groups excluding carboxylic acids is 1. The lowest BCUT2D eigenvalue weighted by Gasteiger charge is -2.22. The molecule has 25 heavy (non-hydrogen) atoms. The summed E-state index contributed by atoms with van der Waals surface area (Å²) in [5, 5.41) is 6.17. The molecule has 0 saturated heterocycles. The van der Waals surface area contributed by atoms with Gasteiger partial charge in [0.05, 0.1) is 6.54 Å². The molecule has 2 rings (SSSR count). The van der Waals surface area contributed by atoms with Crippen molar-refractivity contribution >= 4 is 23.0 Å². The number of amides is 1. The standard InChI is InChI=1S/C21H29N3O/c1-6-24(7-2)19-10-11-20(17(5)13-19)22-14-21(25)23-18-9-8-15(3)16(4)12-18/h8-13,22H,6-7,14H2,1-5H3,(H,23,25). The Morgan fingerprint density at radius 3 is 2.24 bits per heavy atom. The van der Waals surface area contributed by atoms with Crippen molar-refractivity contribution in [2.45, 2.75) is 34.6 Å². The van der Waals surface area contributed by atoms with Crippen LogP contribution in [0.2, 0.25) is 0 Å². The molecule has 0 heterocycles. The molecule has 0 spiro atoms. The highest BCUT2D eigenvalue weighted by Gasteiger charge is 2.07. The van der Waals surface area contributed by atoms with Crippen LogP contribution >= 0.6 is 0 Å². The minimum Gasteiger partial charge on any atom is -0.376 e. The van der Waals surface area contributed by atoms with E-state index in [1.54, 1.807) is 0 Å². The smallest absolute Gasteiger partial charge is 0.243 e. The number of nitrogens with one attached hydrogen (secondary N) is 2. The van der Waals surface area contributed by atoms with Gasteiger partial charge < -0.3 is 15.5 Å². The van der Waals surface area contributed by atoms with Gasteiger partial charge in [0.1, 0.15) is 0 Å². The highest BCUT2D eigenvalue weighted by Crippen LogP contribution is 2.22. The lowest BCUT2D eigenvalue weighted by Crippen LogP contribution is -2.23. The van der Waals surface area contributed by atoms with Gasteiger partial charge in [-0.3, -0.25) is 4.79 Å². The lowest BCUT2D eigenvalue weighted by atomic mass is 10.1. The highest BCUT2D eigenvalue weighted by molar-refractivity contribution is 5.94. The largest absolute Gasteiger partial charge is 0.376 e. The molecule has 0 saturated carbocycles. The van der Waals surface area contributed by atoms with Crippen LogP contribution in [-0.4, -0.2) is 25.5 Å². The SMILES string of the molecule is CCN(CC)c1ccc(NCC(=O)Nc2ccc(C)c(C)c2)c(C)c1. The first-order chi connectivity index (χ1) is 11.9. The van der Waals surface area contributed by atoms with Crippen molar-refractivity contribution in [3.05, 3.63) is 53.1 Å². The van der Waals surface area contributed by atoms with Gasteiger partial charge in [0.15, 0.2) is 0 Å². The third kappa shape index (κ3) is 4.99. The molecule has 0 aromatic heterocycles. The van der Waals surface area contributed by atoms with Crippen molar-refractivity contribution in [1.82, 2.24) is 0 Å². The maximum Gasteiger partial charge on any atom is 0.243 e. The summed E-state index contributed by atoms with van der Waals surface area (Å²) < 4.78 is 0. The molecule has 4 nitrogen and oxygen atoms in total. The van der Waals surface area contributed by atoms with E-state index in [0.717, 1.165) is 30.0 Å². The van der Waals surface area contributed by atoms with Gasteiger partial charge in [0.2, 0.25) is 5.91 Å². The third-order valence-corrected chi connectivity index (χ3v) is 4.57. The molecule has 0 bridgehead atoms. The molecular formula is C21H29N3O. The van der Waals surface area contributed by atoms with Crippen LogP contribution in [0.3, 0.4) is 0 Å². The average Bonchev–Trinajstić information content (AvgIpc) is 2.58. The first-order valence-corrected chi connectivity index (χ1v) is 8.91. The first kappa shape index (κ1) is 18.8. The molecular weight excluding hydrogens is 310 g/mol. The number of benzene rings is 2. The van der Waals surface area contributed by atoms with Gasteiger partial charge in [0.25, 0.3) is 0 Å². The summed E-state index contributed by atoms with van der Waals surface area (Å²) in [6.45, 7) is 12.7. The minimum atomic E-state index is -0.0459. The van der Waals surface area contributed by atoms with Gasteiger partial charge in [-0.2, -0.15) is 0 Å². The molecule has 0 radical (unpaired) electrons. The zero-order chi connectivity index (χ0) is 18.4. The number of rotatable bonds is 7. The van der Waals surface area contributed by atoms with Gasteiger partial charge in [0, 0.05) is 30.2 Å². The van der Waals surface area contributed by atoms with Crippen molar-refractivity contribution in [3.63, 3.8) is 0 Å². The Hall–Kier alpha value is -2.49. The van der Waals surface area contributed by atoms with E-state index in [2.05, 4.69) is 55.4 Å². The van der Waals surface area contributed by atoms with Crippen LogP contribution in [0.1, 0.15) is 30.5 Å². The summed E-state index contributed by atoms with van der Waals surface area (Å²) in [4.78, 5) is 14.5. The van der Waals surface area contributed by atoms with Crippen LogP contribution in [0.4, 0.5) is 17.1 Å². The van der Waals surface area contributed by atoms with Gasteiger partial charge in [-0.25, -0.2) is 0 Å². The predicted molar refractivity (Wildman–Crippen MR) is 108 cm³/mol. The van der Waals surface area contributed by atoms with E-state index in [9.17, 15) is 4.79 Å². The van der Waals surface area contributed by atoms with E-state index in [-0.39, 0.29) is 12.5 Å². The van der Waals surface area contributed by atoms with Gasteiger partial charge in [-0.1, -0.05) is 6.07 Å². The summed E-state index contributed by atoms with van der Waals surface area (Å²) in [7, 11) is 0. The molecule has 0 aliphatic heterocycles. The van der Waals surface area contributed by atoms with E-state index in [4.69, 9.17) is 0 Å². The summed E-state index contributed by atoms with van der Waals surface area (Å²) in [6, 6.07) is 12.3. The summed E-state index contributed by atoms with van der Waals surface area (Å²) >= 11 is 0. The van der Waals surface area contributed by atoms with Crippen LogP contribution in [-0.2, 0) is 4.79 Å². The van der Waals surface area contributed by atoms with Gasteiger partial charge in [-0.05, 0) is 81.6 Å². The normalized spacial score (nSPS) is 10.4. The number of anilines is 3. The number of carbonyl (C=O) groups is 1. The molecule has 2 aromatic rings. The van der Waals surface area contributed by atoms with E-state index in [0.29, 0.717) is 0 Å². The summed E-state index contributed by atoms with van der Waals surface area (Å²) in [6.07, 6.45) is 0. The molecule has 1 amide bonds. The van der Waals surface area contributed by atoms with Gasteiger partial charge >= 0.3 is 0 Å². The number of aryl methyl sites for hydroxylation is 3. The van der Waals surface area contributed by atoms with Crippen LogP contribution < -0.4 is 15.5 Å². The summed E-state index contributed by atoms with van der Waals surface area (Å²) in [5.41, 5.74) is 6.58. The second-order valence-electron chi connectivity index (χ2n) is 6.37. The Kier molecular flexibility index (Phi) is 6.45. The fraction of sp³-hybridized carbons (Fsp3) is 0.381. The second-order valence-corrected chi connectivity index (χ2v) is 6.37. The van der Waals surface area contributed by atoms with Crippen LogP contribution in [0, 0.1) is 20.8 Å². The highest BCUT2D eigenvalue weighted by atomic mass is 16.1. The monoisotopic (exact) mass is 339 g/mol. The quantitative estimate of drug-likeness (QED) is 0.780. The van der Waals surface area contributed by atoms with E-state index >= 15 is 0 Å². The lowest BCUT2D eigenvalue weighted by molar-refractivity contribution is -0.114. The maximum absolute atomic E-state index is 12.2. The molecule has 0 aliphatic carbocycles. The fourth-order valence-electron chi connectivity index (χ4n) is 2.83. The molecule has 4 heteroatoms. The van der Waals surface area contributed by atoms with Crippen molar-refractivity contribution in [1.29, 1.82) is 0 Å². The Balaban J connectivity index is 1.96. The number of hydrogen-bond donors (Lipinski definition) is 2. The van der Waals surface area contributed by atoms with Crippen LogP contribution in [0.25, 0.3) is 0 Å². The average molecular weight is 339 g/mol. The van der Waals surface area contributed by atoms with Crippen molar-refractivity contribution in [2.24, 2.45) is 0 Å². The van der Waals surface area contributed by atoms with Crippen molar-refractivity contribution in [2.75, 3.05) is 35.2 Å². The number of nitrogens with zero attached hydrogens (tertiary/aromatic N) is 1. The molecule has 0 atom stereocenters. The Morgan fingerprint density at radius 1 is 0.920 bits per heavy atom. The summed E-state index contributed by atoms with van der Waals surface area (Å²) in [5.74, 6) is -0.0459. The van der Waals surface area contributed by atoms with Crippen molar-refractivity contribution in [3.8, 4) is 0 Å².